The van der Waals surface area contributed by atoms with Gasteiger partial charge in [-0.2, -0.15) is 5.26 Å². The molecule has 1 amide bonds. The molecular formula is C17H22N2O5. The van der Waals surface area contributed by atoms with E-state index in [-0.39, 0.29) is 24.1 Å². The van der Waals surface area contributed by atoms with Crippen LogP contribution in [0.5, 0.6) is 0 Å². The van der Waals surface area contributed by atoms with Gasteiger partial charge in [-0.3, -0.25) is 4.79 Å². The standard InChI is InChI=1S/C17H22N2O5/c1-17(2,3)24-16(23)19-10-14(21)15(22)12-7-5-4-6-11(12)13(20)8-9-18/h4-7,14-15,21-22H,8,10H2,1-3H3,(H,19,23). The molecule has 0 aliphatic heterocycles. The van der Waals surface area contributed by atoms with Gasteiger partial charge in [-0.25, -0.2) is 4.79 Å². The topological polar surface area (TPSA) is 120 Å². The Morgan fingerprint density at radius 1 is 1.29 bits per heavy atom. The number of nitrogens with zero attached hydrogens (tertiary/aromatic N) is 1. The minimum absolute atomic E-state index is 0.169. The van der Waals surface area contributed by atoms with Gasteiger partial charge in [0.25, 0.3) is 0 Å². The Balaban J connectivity index is 2.76. The fraction of sp³-hybridized carbons (Fsp3) is 0.471. The second-order valence-corrected chi connectivity index (χ2v) is 6.24. The van der Waals surface area contributed by atoms with Gasteiger partial charge in [0.05, 0.1) is 12.5 Å². The predicted octanol–water partition coefficient (Wildman–Crippen LogP) is 1.70. The zero-order chi connectivity index (χ0) is 18.3. The molecule has 1 aromatic carbocycles. The molecule has 24 heavy (non-hydrogen) atoms. The first kappa shape index (κ1) is 19.6. The largest absolute Gasteiger partial charge is 0.444 e. The number of ether oxygens (including phenoxy) is 1. The number of hydrogen-bond acceptors (Lipinski definition) is 6. The average Bonchev–Trinajstić information content (AvgIpc) is 2.50. The van der Waals surface area contributed by atoms with Gasteiger partial charge in [0.1, 0.15) is 17.8 Å². The Morgan fingerprint density at radius 2 is 1.92 bits per heavy atom. The summed E-state index contributed by atoms with van der Waals surface area (Å²) in [4.78, 5) is 23.5. The molecule has 0 bridgehead atoms. The van der Waals surface area contributed by atoms with Crippen molar-refractivity contribution in [1.82, 2.24) is 5.32 Å². The van der Waals surface area contributed by atoms with E-state index in [1.807, 2.05) is 0 Å². The van der Waals surface area contributed by atoms with E-state index in [0.29, 0.717) is 0 Å². The van der Waals surface area contributed by atoms with Crippen molar-refractivity contribution in [2.45, 2.75) is 45.0 Å². The quantitative estimate of drug-likeness (QED) is 0.681. The summed E-state index contributed by atoms with van der Waals surface area (Å²) >= 11 is 0. The second kappa shape index (κ2) is 8.43. The lowest BCUT2D eigenvalue weighted by molar-refractivity contribution is 0.0125. The summed E-state index contributed by atoms with van der Waals surface area (Å²) in [5.41, 5.74) is -0.302. The number of carbonyl (C=O) groups is 2. The summed E-state index contributed by atoms with van der Waals surface area (Å²) in [5.74, 6) is -0.445. The first-order chi connectivity index (χ1) is 11.2. The zero-order valence-electron chi connectivity index (χ0n) is 13.9. The fourth-order valence-electron chi connectivity index (χ4n) is 2.00. The van der Waals surface area contributed by atoms with Crippen LogP contribution in [-0.4, -0.2) is 40.3 Å². The summed E-state index contributed by atoms with van der Waals surface area (Å²) in [5, 5.41) is 31.3. The molecule has 0 fully saturated rings. The van der Waals surface area contributed by atoms with Crippen LogP contribution in [0.2, 0.25) is 0 Å². The lowest BCUT2D eigenvalue weighted by Crippen LogP contribution is -2.39. The van der Waals surface area contributed by atoms with E-state index in [1.165, 1.54) is 12.1 Å². The van der Waals surface area contributed by atoms with Gasteiger partial charge in [0.15, 0.2) is 5.78 Å². The number of aliphatic hydroxyl groups is 2. The molecule has 0 aliphatic rings. The van der Waals surface area contributed by atoms with E-state index >= 15 is 0 Å². The molecule has 7 heteroatoms. The maximum Gasteiger partial charge on any atom is 0.407 e. The highest BCUT2D eigenvalue weighted by molar-refractivity contribution is 5.98. The van der Waals surface area contributed by atoms with Crippen molar-refractivity contribution >= 4 is 11.9 Å². The minimum Gasteiger partial charge on any atom is -0.444 e. The smallest absolute Gasteiger partial charge is 0.407 e. The monoisotopic (exact) mass is 334 g/mol. The highest BCUT2D eigenvalue weighted by atomic mass is 16.6. The van der Waals surface area contributed by atoms with Crippen molar-refractivity contribution in [2.75, 3.05) is 6.54 Å². The van der Waals surface area contributed by atoms with Gasteiger partial charge >= 0.3 is 6.09 Å². The minimum atomic E-state index is -1.39. The van der Waals surface area contributed by atoms with Crippen LogP contribution in [0, 0.1) is 11.3 Å². The highest BCUT2D eigenvalue weighted by Gasteiger charge is 2.24. The Morgan fingerprint density at radius 3 is 2.50 bits per heavy atom. The van der Waals surface area contributed by atoms with Crippen molar-refractivity contribution in [3.63, 3.8) is 0 Å². The summed E-state index contributed by atoms with van der Waals surface area (Å²) in [6, 6.07) is 7.94. The zero-order valence-corrected chi connectivity index (χ0v) is 13.9. The summed E-state index contributed by atoms with van der Waals surface area (Å²) in [6.07, 6.45) is -3.77. The predicted molar refractivity (Wildman–Crippen MR) is 86.2 cm³/mol. The van der Waals surface area contributed by atoms with Crippen molar-refractivity contribution in [1.29, 1.82) is 5.26 Å². The van der Waals surface area contributed by atoms with Gasteiger partial charge in [-0.15, -0.1) is 0 Å². The SMILES string of the molecule is CC(C)(C)OC(=O)NCC(O)C(O)c1ccccc1C(=O)CC#N. The normalized spacial score (nSPS) is 13.5. The summed E-state index contributed by atoms with van der Waals surface area (Å²) in [7, 11) is 0. The molecule has 0 spiro atoms. The number of Topliss-reactive ketones (excluding diaryl/α,β-unsaturated/α-hetero) is 1. The lowest BCUT2D eigenvalue weighted by Gasteiger charge is -2.23. The van der Waals surface area contributed by atoms with Crippen LogP contribution in [0.3, 0.4) is 0 Å². The van der Waals surface area contributed by atoms with E-state index in [2.05, 4.69) is 5.32 Å². The van der Waals surface area contributed by atoms with Crippen LogP contribution in [0.25, 0.3) is 0 Å². The van der Waals surface area contributed by atoms with E-state index in [1.54, 1.807) is 39.0 Å². The fourth-order valence-corrected chi connectivity index (χ4v) is 2.00. The van der Waals surface area contributed by atoms with Crippen molar-refractivity contribution in [3.05, 3.63) is 35.4 Å². The second-order valence-electron chi connectivity index (χ2n) is 6.24. The van der Waals surface area contributed by atoms with Gasteiger partial charge in [-0.1, -0.05) is 24.3 Å². The molecule has 3 N–H and O–H groups in total. The maximum atomic E-state index is 11.9. The van der Waals surface area contributed by atoms with Gasteiger partial charge < -0.3 is 20.3 Å². The van der Waals surface area contributed by atoms with Crippen LogP contribution in [0.15, 0.2) is 24.3 Å². The van der Waals surface area contributed by atoms with Crippen LogP contribution >= 0.6 is 0 Å². The molecule has 2 unspecified atom stereocenters. The first-order valence-electron chi connectivity index (χ1n) is 7.47. The number of ketones is 1. The number of alkyl carbamates (subject to hydrolysis) is 1. The number of hydrogen-bond donors (Lipinski definition) is 3. The Bertz CT molecular complexity index is 631. The molecule has 2 atom stereocenters. The third kappa shape index (κ3) is 5.99. The Labute approximate surface area is 140 Å². The molecule has 1 rings (SSSR count). The first-order valence-corrected chi connectivity index (χ1v) is 7.47. The van der Waals surface area contributed by atoms with Gasteiger partial charge in [0, 0.05) is 12.1 Å². The Kier molecular flexibility index (Phi) is 6.89. The van der Waals surface area contributed by atoms with Crippen LogP contribution in [-0.2, 0) is 4.74 Å². The number of benzene rings is 1. The number of amides is 1. The maximum absolute atomic E-state index is 11.9. The molecule has 0 aliphatic carbocycles. The van der Waals surface area contributed by atoms with Gasteiger partial charge in [-0.05, 0) is 26.3 Å². The van der Waals surface area contributed by atoms with E-state index in [4.69, 9.17) is 10.00 Å². The lowest BCUT2D eigenvalue weighted by atomic mass is 9.95. The third-order valence-electron chi connectivity index (χ3n) is 3.04. The summed E-state index contributed by atoms with van der Waals surface area (Å²) < 4.78 is 5.03. The number of nitriles is 1. The molecule has 0 saturated heterocycles. The molecule has 0 radical (unpaired) electrons. The highest BCUT2D eigenvalue weighted by Crippen LogP contribution is 2.22. The van der Waals surface area contributed by atoms with E-state index < -0.39 is 29.7 Å². The molecule has 0 heterocycles. The number of aliphatic hydroxyl groups excluding tert-OH is 2. The van der Waals surface area contributed by atoms with E-state index in [0.717, 1.165) is 0 Å². The summed E-state index contributed by atoms with van der Waals surface area (Å²) in [6.45, 7) is 4.86. The average molecular weight is 334 g/mol. The molecule has 7 nitrogen and oxygen atoms in total. The third-order valence-corrected chi connectivity index (χ3v) is 3.04. The molecule has 0 saturated carbocycles. The van der Waals surface area contributed by atoms with Crippen LogP contribution in [0.4, 0.5) is 4.79 Å². The molecular weight excluding hydrogens is 312 g/mol. The number of nitrogens with one attached hydrogen (secondary N) is 1. The van der Waals surface area contributed by atoms with Gasteiger partial charge in [0.2, 0.25) is 0 Å². The number of carbonyl (C=O) groups excluding carboxylic acids is 2. The van der Waals surface area contributed by atoms with Crippen molar-refractivity contribution in [2.24, 2.45) is 0 Å². The Hall–Kier alpha value is -2.43. The van der Waals surface area contributed by atoms with Crippen molar-refractivity contribution < 1.29 is 24.5 Å². The molecule has 1 aromatic rings. The van der Waals surface area contributed by atoms with Crippen LogP contribution in [0.1, 0.15) is 49.2 Å². The number of rotatable bonds is 6. The van der Waals surface area contributed by atoms with E-state index in [9.17, 15) is 19.8 Å². The molecule has 0 aromatic heterocycles. The van der Waals surface area contributed by atoms with Crippen molar-refractivity contribution in [3.8, 4) is 6.07 Å². The molecule has 130 valence electrons. The van der Waals surface area contributed by atoms with Crippen LogP contribution < -0.4 is 5.32 Å².